The van der Waals surface area contributed by atoms with Crippen molar-refractivity contribution in [2.24, 2.45) is 0 Å². The molecular formula is C23H26N4O2. The van der Waals surface area contributed by atoms with Crippen LogP contribution in [0.25, 0.3) is 5.65 Å². The number of aromatic nitrogens is 2. The maximum Gasteiger partial charge on any atom is 0.270 e. The number of nitrogens with zero attached hydrogens (tertiary/aromatic N) is 3. The standard InChI is InChI=1S/C23H26N4O2/c1-17-7-5-11-21-25-15-20(23(29)27(17)21)22(28)24-12-14-26-13-6-10-19(16-26)18-8-3-2-4-9-18/h2-5,7-9,11,15,19H,6,10,12-14,16H2,1H3,(H,24,28)/t19-/m0/s1. The number of piperidine rings is 1. The van der Waals surface area contributed by atoms with Gasteiger partial charge in [-0.25, -0.2) is 4.98 Å². The first-order valence-corrected chi connectivity index (χ1v) is 10.2. The lowest BCUT2D eigenvalue weighted by atomic mass is 9.91. The van der Waals surface area contributed by atoms with E-state index in [0.717, 1.165) is 31.7 Å². The molecule has 6 nitrogen and oxygen atoms in total. The fourth-order valence-electron chi connectivity index (χ4n) is 4.11. The number of amides is 1. The van der Waals surface area contributed by atoms with Crippen molar-refractivity contribution in [3.05, 3.63) is 81.9 Å². The summed E-state index contributed by atoms with van der Waals surface area (Å²) in [6, 6.07) is 16.0. The van der Waals surface area contributed by atoms with E-state index in [1.54, 1.807) is 6.07 Å². The number of fused-ring (bicyclic) bond motifs is 1. The van der Waals surface area contributed by atoms with Crippen LogP contribution in [0, 0.1) is 6.92 Å². The zero-order valence-electron chi connectivity index (χ0n) is 16.7. The first-order chi connectivity index (χ1) is 14.1. The molecule has 2 aromatic heterocycles. The Balaban J connectivity index is 1.37. The number of benzene rings is 1. The Labute approximate surface area is 170 Å². The monoisotopic (exact) mass is 390 g/mol. The van der Waals surface area contributed by atoms with E-state index >= 15 is 0 Å². The van der Waals surface area contributed by atoms with E-state index in [1.807, 2.05) is 25.1 Å². The van der Waals surface area contributed by atoms with Gasteiger partial charge in [0, 0.05) is 31.5 Å². The van der Waals surface area contributed by atoms with E-state index in [1.165, 1.54) is 22.6 Å². The molecule has 0 bridgehead atoms. The Morgan fingerprint density at radius 3 is 2.83 bits per heavy atom. The lowest BCUT2D eigenvalue weighted by Crippen LogP contribution is -2.41. The van der Waals surface area contributed by atoms with Gasteiger partial charge in [0.25, 0.3) is 11.5 Å². The molecule has 0 saturated carbocycles. The van der Waals surface area contributed by atoms with Crippen LogP contribution in [0.2, 0.25) is 0 Å². The molecule has 0 spiro atoms. The number of rotatable bonds is 5. The van der Waals surface area contributed by atoms with Crippen LogP contribution in [-0.4, -0.2) is 46.4 Å². The van der Waals surface area contributed by atoms with Crippen LogP contribution in [0.5, 0.6) is 0 Å². The van der Waals surface area contributed by atoms with Crippen molar-refractivity contribution in [1.82, 2.24) is 19.6 Å². The van der Waals surface area contributed by atoms with Gasteiger partial charge in [-0.05, 0) is 49.9 Å². The lowest BCUT2D eigenvalue weighted by Gasteiger charge is -2.33. The number of nitrogens with one attached hydrogen (secondary N) is 1. The van der Waals surface area contributed by atoms with Gasteiger partial charge in [0.1, 0.15) is 11.2 Å². The van der Waals surface area contributed by atoms with Gasteiger partial charge in [0.05, 0.1) is 0 Å². The molecule has 1 N–H and O–H groups in total. The van der Waals surface area contributed by atoms with Gasteiger partial charge in [-0.3, -0.25) is 14.0 Å². The zero-order valence-corrected chi connectivity index (χ0v) is 16.7. The molecule has 1 atom stereocenters. The molecule has 0 radical (unpaired) electrons. The van der Waals surface area contributed by atoms with Crippen molar-refractivity contribution in [2.45, 2.75) is 25.7 Å². The molecule has 3 heterocycles. The highest BCUT2D eigenvalue weighted by Gasteiger charge is 2.21. The minimum Gasteiger partial charge on any atom is -0.351 e. The largest absolute Gasteiger partial charge is 0.351 e. The summed E-state index contributed by atoms with van der Waals surface area (Å²) in [6.07, 6.45) is 3.73. The number of aryl methyl sites for hydroxylation is 1. The number of carbonyl (C=O) groups is 1. The van der Waals surface area contributed by atoms with Gasteiger partial charge in [0.2, 0.25) is 0 Å². The van der Waals surface area contributed by atoms with Crippen LogP contribution in [0.4, 0.5) is 0 Å². The summed E-state index contributed by atoms with van der Waals surface area (Å²) < 4.78 is 1.48. The molecule has 3 aromatic rings. The Morgan fingerprint density at radius 2 is 2.00 bits per heavy atom. The van der Waals surface area contributed by atoms with Crippen LogP contribution in [0.3, 0.4) is 0 Å². The first-order valence-electron chi connectivity index (χ1n) is 10.2. The van der Waals surface area contributed by atoms with Crippen LogP contribution < -0.4 is 10.9 Å². The molecule has 1 aliphatic rings. The van der Waals surface area contributed by atoms with E-state index in [-0.39, 0.29) is 17.0 Å². The second kappa shape index (κ2) is 8.57. The quantitative estimate of drug-likeness (QED) is 0.727. The maximum atomic E-state index is 12.7. The van der Waals surface area contributed by atoms with E-state index in [9.17, 15) is 9.59 Å². The highest BCUT2D eigenvalue weighted by atomic mass is 16.2. The number of likely N-dealkylation sites (tertiary alicyclic amines) is 1. The minimum atomic E-state index is -0.364. The Bertz CT molecular complexity index is 1060. The van der Waals surface area contributed by atoms with Crippen molar-refractivity contribution in [2.75, 3.05) is 26.2 Å². The van der Waals surface area contributed by atoms with Gasteiger partial charge in [-0.15, -0.1) is 0 Å². The second-order valence-electron chi connectivity index (χ2n) is 7.64. The van der Waals surface area contributed by atoms with Gasteiger partial charge < -0.3 is 10.2 Å². The van der Waals surface area contributed by atoms with Crippen molar-refractivity contribution >= 4 is 11.6 Å². The summed E-state index contributed by atoms with van der Waals surface area (Å²) in [5, 5.41) is 2.89. The highest BCUT2D eigenvalue weighted by Crippen LogP contribution is 2.26. The van der Waals surface area contributed by atoms with Crippen LogP contribution in [0.1, 0.15) is 40.4 Å². The first kappa shape index (κ1) is 19.3. The third kappa shape index (κ3) is 4.22. The molecule has 29 heavy (non-hydrogen) atoms. The molecule has 1 aromatic carbocycles. The number of hydrogen-bond donors (Lipinski definition) is 1. The molecule has 1 amide bonds. The summed E-state index contributed by atoms with van der Waals surface area (Å²) in [5.41, 5.74) is 2.44. The Morgan fingerprint density at radius 1 is 1.17 bits per heavy atom. The molecule has 150 valence electrons. The average Bonchev–Trinajstić information content (AvgIpc) is 2.75. The smallest absolute Gasteiger partial charge is 0.270 e. The van der Waals surface area contributed by atoms with Crippen molar-refractivity contribution in [3.8, 4) is 0 Å². The predicted octanol–water partition coefficient (Wildman–Crippen LogP) is 2.61. The van der Waals surface area contributed by atoms with Gasteiger partial charge in [-0.2, -0.15) is 0 Å². The van der Waals surface area contributed by atoms with Gasteiger partial charge in [-0.1, -0.05) is 36.4 Å². The topological polar surface area (TPSA) is 66.7 Å². The molecular weight excluding hydrogens is 364 g/mol. The van der Waals surface area contributed by atoms with Crippen LogP contribution >= 0.6 is 0 Å². The van der Waals surface area contributed by atoms with E-state index < -0.39 is 0 Å². The molecule has 1 saturated heterocycles. The van der Waals surface area contributed by atoms with E-state index in [4.69, 9.17) is 0 Å². The number of carbonyl (C=O) groups excluding carboxylic acids is 1. The fourth-order valence-corrected chi connectivity index (χ4v) is 4.11. The molecule has 0 aliphatic carbocycles. The molecule has 6 heteroatoms. The Hall–Kier alpha value is -2.99. The third-order valence-corrected chi connectivity index (χ3v) is 5.66. The summed E-state index contributed by atoms with van der Waals surface area (Å²) in [7, 11) is 0. The predicted molar refractivity (Wildman–Crippen MR) is 113 cm³/mol. The van der Waals surface area contributed by atoms with Gasteiger partial charge >= 0.3 is 0 Å². The average molecular weight is 390 g/mol. The molecule has 0 unspecified atom stereocenters. The van der Waals surface area contributed by atoms with E-state index in [2.05, 4.69) is 39.5 Å². The highest BCUT2D eigenvalue weighted by molar-refractivity contribution is 5.93. The van der Waals surface area contributed by atoms with Crippen LogP contribution in [-0.2, 0) is 0 Å². The summed E-state index contributed by atoms with van der Waals surface area (Å²) >= 11 is 0. The van der Waals surface area contributed by atoms with E-state index in [0.29, 0.717) is 18.1 Å². The summed E-state index contributed by atoms with van der Waals surface area (Å²) in [4.78, 5) is 31.9. The van der Waals surface area contributed by atoms with Crippen molar-refractivity contribution < 1.29 is 4.79 Å². The maximum absolute atomic E-state index is 12.7. The Kier molecular flexibility index (Phi) is 5.71. The summed E-state index contributed by atoms with van der Waals surface area (Å²) in [5.74, 6) is 0.176. The lowest BCUT2D eigenvalue weighted by molar-refractivity contribution is 0.0943. The second-order valence-corrected chi connectivity index (χ2v) is 7.64. The number of pyridine rings is 1. The normalized spacial score (nSPS) is 17.3. The van der Waals surface area contributed by atoms with Crippen molar-refractivity contribution in [3.63, 3.8) is 0 Å². The van der Waals surface area contributed by atoms with Crippen LogP contribution in [0.15, 0.2) is 59.5 Å². The third-order valence-electron chi connectivity index (χ3n) is 5.66. The summed E-state index contributed by atoms with van der Waals surface area (Å²) in [6.45, 7) is 5.15. The fraction of sp³-hybridized carbons (Fsp3) is 0.348. The molecule has 1 fully saturated rings. The van der Waals surface area contributed by atoms with Crippen molar-refractivity contribution in [1.29, 1.82) is 0 Å². The minimum absolute atomic E-state index is 0.0811. The zero-order chi connectivity index (χ0) is 20.2. The SMILES string of the molecule is Cc1cccc2ncc(C(=O)NCCN3CCC[C@H](c4ccccc4)C3)c(=O)n12. The molecule has 1 aliphatic heterocycles. The molecule has 4 rings (SSSR count). The van der Waals surface area contributed by atoms with Gasteiger partial charge in [0.15, 0.2) is 0 Å². The number of hydrogen-bond acceptors (Lipinski definition) is 4.